The molecule has 0 saturated carbocycles. The van der Waals surface area contributed by atoms with E-state index >= 15 is 0 Å². The van der Waals surface area contributed by atoms with Gasteiger partial charge in [-0.2, -0.15) is 0 Å². The summed E-state index contributed by atoms with van der Waals surface area (Å²) in [6.45, 7) is 0.686. The molecule has 5 nitrogen and oxygen atoms in total. The lowest BCUT2D eigenvalue weighted by atomic mass is 10.1. The van der Waals surface area contributed by atoms with Gasteiger partial charge in [-0.05, 0) is 47.0 Å². The maximum Gasteiger partial charge on any atom is 0.328 e. The van der Waals surface area contributed by atoms with E-state index in [-0.39, 0.29) is 0 Å². The zero-order valence-corrected chi connectivity index (χ0v) is 16.1. The van der Waals surface area contributed by atoms with Crippen molar-refractivity contribution in [2.45, 2.75) is 0 Å². The molecule has 0 atom stereocenters. The lowest BCUT2D eigenvalue weighted by Gasteiger charge is -2.12. The number of rotatable bonds is 9. The minimum Gasteiger partial charge on any atom is -0.493 e. The number of carbonyl (C=O) groups is 1. The van der Waals surface area contributed by atoms with Gasteiger partial charge >= 0.3 is 5.97 Å². The number of hydrogen-bond acceptors (Lipinski definition) is 4. The fraction of sp³-hybridized carbons (Fsp3) is 0.125. The van der Waals surface area contributed by atoms with E-state index in [0.717, 1.165) is 23.0 Å². The molecule has 0 aliphatic carbocycles. The minimum atomic E-state index is -1.00. The number of hydrogen-bond donors (Lipinski definition) is 1. The Bertz CT molecular complexity index is 962. The fourth-order valence-electron chi connectivity index (χ4n) is 2.76. The quantitative estimate of drug-likeness (QED) is 0.415. The van der Waals surface area contributed by atoms with Gasteiger partial charge in [0.05, 0.1) is 7.11 Å². The molecular formula is C24H22O5. The number of carboxylic acid groups (broad SMARTS) is 1. The molecule has 0 amide bonds. The average molecular weight is 390 g/mol. The van der Waals surface area contributed by atoms with E-state index in [1.54, 1.807) is 25.3 Å². The molecule has 0 unspecified atom stereocenters. The predicted molar refractivity (Wildman–Crippen MR) is 113 cm³/mol. The maximum absolute atomic E-state index is 10.7. The standard InChI is InChI=1S/C24H22O5/c1-27-22-13-7-18(8-14-24(25)26)17-23(22)29-16-15-28-21-11-9-20(10-12-21)19-5-3-2-4-6-19/h2-14,17H,15-16H2,1H3,(H,25,26). The summed E-state index contributed by atoms with van der Waals surface area (Å²) in [6, 6.07) is 23.3. The Labute approximate surface area is 169 Å². The molecule has 3 aromatic carbocycles. The second kappa shape index (κ2) is 9.99. The zero-order chi connectivity index (χ0) is 20.5. The summed E-state index contributed by atoms with van der Waals surface area (Å²) in [4.78, 5) is 10.7. The number of ether oxygens (including phenoxy) is 3. The van der Waals surface area contributed by atoms with Crippen molar-refractivity contribution < 1.29 is 24.1 Å². The molecule has 0 saturated heterocycles. The van der Waals surface area contributed by atoms with Gasteiger partial charge in [0.2, 0.25) is 0 Å². The first-order valence-corrected chi connectivity index (χ1v) is 9.16. The molecule has 148 valence electrons. The smallest absolute Gasteiger partial charge is 0.328 e. The van der Waals surface area contributed by atoms with E-state index in [0.29, 0.717) is 30.3 Å². The summed E-state index contributed by atoms with van der Waals surface area (Å²) in [5.74, 6) is 0.862. The summed E-state index contributed by atoms with van der Waals surface area (Å²) >= 11 is 0. The molecule has 5 heteroatoms. The first-order chi connectivity index (χ1) is 14.2. The van der Waals surface area contributed by atoms with Crippen molar-refractivity contribution in [1.82, 2.24) is 0 Å². The number of benzene rings is 3. The lowest BCUT2D eigenvalue weighted by Crippen LogP contribution is -2.09. The molecule has 0 spiro atoms. The van der Waals surface area contributed by atoms with Gasteiger partial charge in [-0.1, -0.05) is 48.5 Å². The van der Waals surface area contributed by atoms with E-state index in [9.17, 15) is 4.79 Å². The lowest BCUT2D eigenvalue weighted by molar-refractivity contribution is -0.131. The van der Waals surface area contributed by atoms with Gasteiger partial charge in [-0.25, -0.2) is 4.79 Å². The molecule has 29 heavy (non-hydrogen) atoms. The Morgan fingerprint density at radius 1 is 0.862 bits per heavy atom. The summed E-state index contributed by atoms with van der Waals surface area (Å²) in [6.07, 6.45) is 2.58. The predicted octanol–water partition coefficient (Wildman–Crippen LogP) is 4.92. The molecule has 0 bridgehead atoms. The highest BCUT2D eigenvalue weighted by molar-refractivity contribution is 5.85. The molecule has 0 aliphatic rings. The summed E-state index contributed by atoms with van der Waals surface area (Å²) in [5, 5.41) is 8.75. The summed E-state index contributed by atoms with van der Waals surface area (Å²) in [7, 11) is 1.56. The van der Waals surface area contributed by atoms with Crippen LogP contribution in [-0.2, 0) is 4.79 Å². The molecule has 3 aromatic rings. The van der Waals surface area contributed by atoms with E-state index in [1.807, 2.05) is 42.5 Å². The van der Waals surface area contributed by atoms with Crippen molar-refractivity contribution in [2.24, 2.45) is 0 Å². The number of methoxy groups -OCH3 is 1. The molecule has 0 aromatic heterocycles. The van der Waals surface area contributed by atoms with Crippen LogP contribution in [0.5, 0.6) is 17.2 Å². The first-order valence-electron chi connectivity index (χ1n) is 9.16. The number of aliphatic carboxylic acids is 1. The van der Waals surface area contributed by atoms with Gasteiger partial charge in [-0.15, -0.1) is 0 Å². The molecule has 0 heterocycles. The van der Waals surface area contributed by atoms with Gasteiger partial charge in [0.15, 0.2) is 11.5 Å². The van der Waals surface area contributed by atoms with Crippen molar-refractivity contribution in [3.05, 3.63) is 84.4 Å². The molecular weight excluding hydrogens is 368 g/mol. The van der Waals surface area contributed by atoms with E-state index < -0.39 is 5.97 Å². The normalized spacial score (nSPS) is 10.7. The first kappa shape index (κ1) is 20.0. The summed E-state index contributed by atoms with van der Waals surface area (Å²) in [5.41, 5.74) is 3.00. The average Bonchev–Trinajstić information content (AvgIpc) is 2.76. The van der Waals surface area contributed by atoms with E-state index in [1.165, 1.54) is 6.08 Å². The van der Waals surface area contributed by atoms with Crippen molar-refractivity contribution in [3.8, 4) is 28.4 Å². The van der Waals surface area contributed by atoms with Crippen LogP contribution in [0.4, 0.5) is 0 Å². The Kier molecular flexibility index (Phi) is 6.90. The highest BCUT2D eigenvalue weighted by Gasteiger charge is 2.06. The van der Waals surface area contributed by atoms with Gasteiger partial charge in [0.1, 0.15) is 19.0 Å². The third kappa shape index (κ3) is 5.87. The van der Waals surface area contributed by atoms with E-state index in [4.69, 9.17) is 19.3 Å². The van der Waals surface area contributed by atoms with Crippen molar-refractivity contribution >= 4 is 12.0 Å². The van der Waals surface area contributed by atoms with Crippen LogP contribution in [0.15, 0.2) is 78.9 Å². The third-order valence-electron chi connectivity index (χ3n) is 4.18. The summed E-state index contributed by atoms with van der Waals surface area (Å²) < 4.78 is 16.8. The Morgan fingerprint density at radius 3 is 2.24 bits per heavy atom. The topological polar surface area (TPSA) is 65.0 Å². The Balaban J connectivity index is 1.54. The van der Waals surface area contributed by atoms with Gasteiger partial charge in [-0.3, -0.25) is 0 Å². The fourth-order valence-corrected chi connectivity index (χ4v) is 2.76. The van der Waals surface area contributed by atoms with Crippen LogP contribution in [0.25, 0.3) is 17.2 Å². The highest BCUT2D eigenvalue weighted by atomic mass is 16.5. The van der Waals surface area contributed by atoms with Gasteiger partial charge in [0.25, 0.3) is 0 Å². The van der Waals surface area contributed by atoms with Gasteiger partial charge in [0, 0.05) is 6.08 Å². The van der Waals surface area contributed by atoms with Crippen LogP contribution in [-0.4, -0.2) is 31.4 Å². The number of carboxylic acids is 1. The second-order valence-corrected chi connectivity index (χ2v) is 6.17. The zero-order valence-electron chi connectivity index (χ0n) is 16.1. The molecule has 3 rings (SSSR count). The third-order valence-corrected chi connectivity index (χ3v) is 4.18. The SMILES string of the molecule is COc1ccc(C=CC(=O)O)cc1OCCOc1ccc(-c2ccccc2)cc1. The Hall–Kier alpha value is -3.73. The molecule has 0 fully saturated rings. The monoisotopic (exact) mass is 390 g/mol. The van der Waals surface area contributed by atoms with Crippen LogP contribution in [0.2, 0.25) is 0 Å². The maximum atomic E-state index is 10.7. The highest BCUT2D eigenvalue weighted by Crippen LogP contribution is 2.28. The van der Waals surface area contributed by atoms with Crippen LogP contribution in [0.3, 0.4) is 0 Å². The molecule has 1 N–H and O–H groups in total. The largest absolute Gasteiger partial charge is 0.493 e. The van der Waals surface area contributed by atoms with Crippen LogP contribution >= 0.6 is 0 Å². The minimum absolute atomic E-state index is 0.322. The van der Waals surface area contributed by atoms with E-state index in [2.05, 4.69) is 12.1 Å². The molecule has 0 radical (unpaired) electrons. The molecule has 0 aliphatic heterocycles. The van der Waals surface area contributed by atoms with Crippen LogP contribution in [0, 0.1) is 0 Å². The van der Waals surface area contributed by atoms with Crippen molar-refractivity contribution in [3.63, 3.8) is 0 Å². The van der Waals surface area contributed by atoms with Gasteiger partial charge < -0.3 is 19.3 Å². The van der Waals surface area contributed by atoms with Crippen LogP contribution in [0.1, 0.15) is 5.56 Å². The van der Waals surface area contributed by atoms with Crippen molar-refractivity contribution in [1.29, 1.82) is 0 Å². The Morgan fingerprint density at radius 2 is 1.55 bits per heavy atom. The van der Waals surface area contributed by atoms with Crippen LogP contribution < -0.4 is 14.2 Å². The van der Waals surface area contributed by atoms with Crippen molar-refractivity contribution in [2.75, 3.05) is 20.3 Å². The second-order valence-electron chi connectivity index (χ2n) is 6.17.